The lowest BCUT2D eigenvalue weighted by Crippen LogP contribution is -2.62. The molecule has 110 valence electrons. The Bertz CT molecular complexity index is 387. The van der Waals surface area contributed by atoms with Crippen LogP contribution in [0.15, 0.2) is 30.3 Å². The van der Waals surface area contributed by atoms with E-state index in [0.29, 0.717) is 5.54 Å². The summed E-state index contributed by atoms with van der Waals surface area (Å²) in [6, 6.07) is 10.9. The molecule has 2 heteroatoms. The Kier molecular flexibility index (Phi) is 4.74. The first kappa shape index (κ1) is 14.1. The van der Waals surface area contributed by atoms with Crippen molar-refractivity contribution in [1.82, 2.24) is 10.2 Å². The molecule has 0 radical (unpaired) electrons. The van der Waals surface area contributed by atoms with Crippen LogP contribution in [0, 0.1) is 0 Å². The molecule has 1 aliphatic carbocycles. The van der Waals surface area contributed by atoms with Gasteiger partial charge in [-0.15, -0.1) is 0 Å². The van der Waals surface area contributed by atoms with Crippen molar-refractivity contribution >= 4 is 0 Å². The Morgan fingerprint density at radius 1 is 1.05 bits per heavy atom. The van der Waals surface area contributed by atoms with Crippen LogP contribution in [0.1, 0.15) is 44.1 Å². The van der Waals surface area contributed by atoms with Gasteiger partial charge in [0.25, 0.3) is 0 Å². The predicted octanol–water partition coefficient (Wildman–Crippen LogP) is 3.23. The molecule has 1 aromatic rings. The minimum atomic E-state index is 0.493. The maximum atomic E-state index is 3.64. The fourth-order valence-electron chi connectivity index (χ4n) is 4.05. The Morgan fingerprint density at radius 2 is 1.85 bits per heavy atom. The summed E-state index contributed by atoms with van der Waals surface area (Å²) >= 11 is 0. The smallest absolute Gasteiger partial charge is 0.0334 e. The molecule has 2 nitrogen and oxygen atoms in total. The van der Waals surface area contributed by atoms with Gasteiger partial charge in [0.15, 0.2) is 0 Å². The predicted molar refractivity (Wildman–Crippen MR) is 85.0 cm³/mol. The summed E-state index contributed by atoms with van der Waals surface area (Å²) in [4.78, 5) is 2.81. The maximum Gasteiger partial charge on any atom is 0.0334 e. The van der Waals surface area contributed by atoms with Gasteiger partial charge < -0.3 is 5.32 Å². The Morgan fingerprint density at radius 3 is 2.65 bits per heavy atom. The van der Waals surface area contributed by atoms with Gasteiger partial charge in [0.2, 0.25) is 0 Å². The van der Waals surface area contributed by atoms with E-state index in [1.807, 2.05) is 0 Å². The molecule has 1 saturated carbocycles. The highest BCUT2D eigenvalue weighted by Crippen LogP contribution is 2.34. The van der Waals surface area contributed by atoms with Gasteiger partial charge in [-0.1, -0.05) is 49.6 Å². The second kappa shape index (κ2) is 6.73. The van der Waals surface area contributed by atoms with Gasteiger partial charge in [0, 0.05) is 25.2 Å². The van der Waals surface area contributed by atoms with E-state index in [-0.39, 0.29) is 0 Å². The van der Waals surface area contributed by atoms with Crippen LogP contribution in [0.3, 0.4) is 0 Å². The van der Waals surface area contributed by atoms with Crippen molar-refractivity contribution < 1.29 is 0 Å². The Hall–Kier alpha value is -0.860. The van der Waals surface area contributed by atoms with Gasteiger partial charge in [-0.3, -0.25) is 4.90 Å². The number of nitrogens with zero attached hydrogens (tertiary/aromatic N) is 1. The lowest BCUT2D eigenvalue weighted by Gasteiger charge is -2.50. The summed E-state index contributed by atoms with van der Waals surface area (Å²) in [7, 11) is 0. The van der Waals surface area contributed by atoms with Crippen LogP contribution >= 0.6 is 0 Å². The van der Waals surface area contributed by atoms with E-state index >= 15 is 0 Å². The first-order valence-corrected chi connectivity index (χ1v) is 8.39. The largest absolute Gasteiger partial charge is 0.314 e. The van der Waals surface area contributed by atoms with E-state index in [9.17, 15) is 0 Å². The molecule has 1 saturated heterocycles. The zero-order chi connectivity index (χ0) is 13.7. The normalized spacial score (nSPS) is 23.0. The quantitative estimate of drug-likeness (QED) is 0.905. The molecule has 0 bridgehead atoms. The third-order valence-electron chi connectivity index (χ3n) is 5.20. The van der Waals surface area contributed by atoms with Crippen LogP contribution in [-0.2, 0) is 6.42 Å². The standard InChI is InChI=1S/C18H28N2/c1-3-8-17(9-4-1)10-7-14-20-15-13-19-16-18(20)11-5-2-6-12-18/h1,3-4,8-9,19H,2,5-7,10-16H2. The molecule has 2 aliphatic rings. The number of benzene rings is 1. The van der Waals surface area contributed by atoms with Crippen molar-refractivity contribution in [2.45, 2.75) is 50.5 Å². The van der Waals surface area contributed by atoms with Gasteiger partial charge in [-0.2, -0.15) is 0 Å². The first-order chi connectivity index (χ1) is 9.89. The van der Waals surface area contributed by atoms with Gasteiger partial charge >= 0.3 is 0 Å². The van der Waals surface area contributed by atoms with E-state index in [2.05, 4.69) is 40.5 Å². The second-order valence-electron chi connectivity index (χ2n) is 6.54. The van der Waals surface area contributed by atoms with Gasteiger partial charge in [0.1, 0.15) is 0 Å². The third-order valence-corrected chi connectivity index (χ3v) is 5.20. The molecule has 20 heavy (non-hydrogen) atoms. The molecule has 1 heterocycles. The fourth-order valence-corrected chi connectivity index (χ4v) is 4.05. The maximum absolute atomic E-state index is 3.64. The lowest BCUT2D eigenvalue weighted by atomic mass is 9.79. The molecule has 0 unspecified atom stereocenters. The summed E-state index contributed by atoms with van der Waals surface area (Å²) in [5.41, 5.74) is 1.98. The number of nitrogens with one attached hydrogen (secondary N) is 1. The molecule has 0 atom stereocenters. The minimum Gasteiger partial charge on any atom is -0.314 e. The molecule has 0 aromatic heterocycles. The number of rotatable bonds is 4. The highest BCUT2D eigenvalue weighted by Gasteiger charge is 2.38. The summed E-state index contributed by atoms with van der Waals surface area (Å²) in [5, 5.41) is 3.64. The van der Waals surface area contributed by atoms with Crippen molar-refractivity contribution in [2.24, 2.45) is 0 Å². The topological polar surface area (TPSA) is 15.3 Å². The summed E-state index contributed by atoms with van der Waals surface area (Å²) < 4.78 is 0. The Labute approximate surface area is 123 Å². The highest BCUT2D eigenvalue weighted by molar-refractivity contribution is 5.14. The van der Waals surface area contributed by atoms with E-state index in [4.69, 9.17) is 0 Å². The van der Waals surface area contributed by atoms with Crippen molar-refractivity contribution in [3.05, 3.63) is 35.9 Å². The monoisotopic (exact) mass is 272 g/mol. The van der Waals surface area contributed by atoms with Crippen LogP contribution in [0.25, 0.3) is 0 Å². The van der Waals surface area contributed by atoms with Gasteiger partial charge in [-0.05, 0) is 37.8 Å². The first-order valence-electron chi connectivity index (χ1n) is 8.39. The number of piperazine rings is 1. The number of hydrogen-bond donors (Lipinski definition) is 1. The molecule has 2 fully saturated rings. The summed E-state index contributed by atoms with van der Waals surface area (Å²) in [6.45, 7) is 4.91. The Balaban J connectivity index is 1.54. The second-order valence-corrected chi connectivity index (χ2v) is 6.54. The van der Waals surface area contributed by atoms with Crippen LogP contribution in [0.4, 0.5) is 0 Å². The zero-order valence-corrected chi connectivity index (χ0v) is 12.6. The van der Waals surface area contributed by atoms with Gasteiger partial charge in [0.05, 0.1) is 0 Å². The number of aryl methyl sites for hydroxylation is 1. The van der Waals surface area contributed by atoms with E-state index in [0.717, 1.165) is 0 Å². The molecule has 0 amide bonds. The third kappa shape index (κ3) is 3.24. The highest BCUT2D eigenvalue weighted by atomic mass is 15.3. The summed E-state index contributed by atoms with van der Waals surface area (Å²) in [6.07, 6.45) is 9.64. The average Bonchev–Trinajstić information content (AvgIpc) is 2.51. The minimum absolute atomic E-state index is 0.493. The van der Waals surface area contributed by atoms with E-state index in [1.165, 1.54) is 76.7 Å². The molecule has 1 aliphatic heterocycles. The molecule has 1 spiro atoms. The number of hydrogen-bond acceptors (Lipinski definition) is 2. The summed E-state index contributed by atoms with van der Waals surface area (Å²) in [5.74, 6) is 0. The van der Waals surface area contributed by atoms with E-state index in [1.54, 1.807) is 0 Å². The van der Waals surface area contributed by atoms with Crippen LogP contribution < -0.4 is 5.32 Å². The molecule has 1 aromatic carbocycles. The molecular formula is C18H28N2. The van der Waals surface area contributed by atoms with Crippen LogP contribution in [0.5, 0.6) is 0 Å². The van der Waals surface area contributed by atoms with Crippen molar-refractivity contribution in [3.8, 4) is 0 Å². The fraction of sp³-hybridized carbons (Fsp3) is 0.667. The van der Waals surface area contributed by atoms with Crippen LogP contribution in [-0.4, -0.2) is 36.6 Å². The van der Waals surface area contributed by atoms with E-state index < -0.39 is 0 Å². The average molecular weight is 272 g/mol. The zero-order valence-electron chi connectivity index (χ0n) is 12.6. The lowest BCUT2D eigenvalue weighted by molar-refractivity contribution is 0.0269. The molecule has 3 rings (SSSR count). The van der Waals surface area contributed by atoms with Crippen molar-refractivity contribution in [3.63, 3.8) is 0 Å². The molecule has 1 N–H and O–H groups in total. The van der Waals surface area contributed by atoms with Crippen LogP contribution in [0.2, 0.25) is 0 Å². The van der Waals surface area contributed by atoms with Crippen molar-refractivity contribution in [1.29, 1.82) is 0 Å². The van der Waals surface area contributed by atoms with Crippen molar-refractivity contribution in [2.75, 3.05) is 26.2 Å². The SMILES string of the molecule is c1ccc(CCCN2CCNCC23CCCCC3)cc1. The molecular weight excluding hydrogens is 244 g/mol. The van der Waals surface area contributed by atoms with Gasteiger partial charge in [-0.25, -0.2) is 0 Å².